The molecule has 0 unspecified atom stereocenters. The van der Waals surface area contributed by atoms with Crippen LogP contribution in [0.2, 0.25) is 0 Å². The number of nitrogens with two attached hydrogens (primary N) is 1. The molecule has 0 atom stereocenters. The van der Waals surface area contributed by atoms with Crippen LogP contribution in [0, 0.1) is 9.39 Å². The van der Waals surface area contributed by atoms with Crippen molar-refractivity contribution in [2.45, 2.75) is 6.18 Å². The van der Waals surface area contributed by atoms with Gasteiger partial charge < -0.3 is 11.1 Å². The Bertz CT molecular complexity index is 643. The quantitative estimate of drug-likeness (QED) is 0.591. The maximum atomic E-state index is 13.0. The lowest BCUT2D eigenvalue weighted by Crippen LogP contribution is -2.08. The maximum Gasteiger partial charge on any atom is 0.416 e. The first-order valence-electron chi connectivity index (χ1n) is 5.32. The van der Waals surface area contributed by atoms with Gasteiger partial charge in [0.15, 0.2) is 0 Å². The molecule has 1 aromatic carbocycles. The van der Waals surface area contributed by atoms with Crippen molar-refractivity contribution in [3.05, 3.63) is 45.3 Å². The van der Waals surface area contributed by atoms with E-state index < -0.39 is 17.6 Å². The van der Waals surface area contributed by atoms with Crippen molar-refractivity contribution in [3.8, 4) is 0 Å². The highest BCUT2D eigenvalue weighted by Crippen LogP contribution is 2.32. The molecule has 8 heteroatoms. The Morgan fingerprint density at radius 3 is 2.45 bits per heavy atom. The van der Waals surface area contributed by atoms with Crippen molar-refractivity contribution in [1.29, 1.82) is 0 Å². The van der Waals surface area contributed by atoms with Crippen LogP contribution in [0.1, 0.15) is 5.56 Å². The number of anilines is 3. The molecule has 3 nitrogen and oxygen atoms in total. The number of aromatic nitrogens is 1. The average Bonchev–Trinajstić information content (AvgIpc) is 2.31. The minimum Gasteiger partial charge on any atom is -0.384 e. The van der Waals surface area contributed by atoms with Gasteiger partial charge in [0.05, 0.1) is 11.3 Å². The van der Waals surface area contributed by atoms with Gasteiger partial charge in [0.1, 0.15) is 17.5 Å². The minimum atomic E-state index is -4.51. The van der Waals surface area contributed by atoms with Crippen molar-refractivity contribution in [1.82, 2.24) is 4.98 Å². The van der Waals surface area contributed by atoms with Gasteiger partial charge in [-0.25, -0.2) is 9.37 Å². The highest BCUT2D eigenvalue weighted by atomic mass is 127. The van der Waals surface area contributed by atoms with Crippen molar-refractivity contribution in [2.24, 2.45) is 0 Å². The van der Waals surface area contributed by atoms with Gasteiger partial charge in [-0.1, -0.05) is 0 Å². The Hall–Kier alpha value is -1.58. The maximum absolute atomic E-state index is 13.0. The molecular weight excluding hydrogens is 389 g/mol. The summed E-state index contributed by atoms with van der Waals surface area (Å²) in [6, 6.07) is 5.45. The molecule has 2 aromatic rings. The molecule has 0 spiro atoms. The summed E-state index contributed by atoms with van der Waals surface area (Å²) in [5.41, 5.74) is 4.90. The first-order valence-corrected chi connectivity index (χ1v) is 6.40. The van der Waals surface area contributed by atoms with E-state index in [-0.39, 0.29) is 11.6 Å². The summed E-state index contributed by atoms with van der Waals surface area (Å²) in [6.45, 7) is 0. The standard InChI is InChI=1S/C12H8F4IN3/c13-7-1-2-9(8(17)5-7)19-11-4-6(12(14,15)16)3-10(18)20-11/h1-5H,(H3,18,19,20). The van der Waals surface area contributed by atoms with Gasteiger partial charge in [-0.3, -0.25) is 0 Å². The van der Waals surface area contributed by atoms with Gasteiger partial charge in [0.25, 0.3) is 0 Å². The first-order chi connectivity index (χ1) is 9.25. The predicted octanol–water partition coefficient (Wildman–Crippen LogP) is 4.17. The Kier molecular flexibility index (Phi) is 4.02. The Balaban J connectivity index is 2.36. The van der Waals surface area contributed by atoms with Crippen LogP contribution in [0.5, 0.6) is 0 Å². The fraction of sp³-hybridized carbons (Fsp3) is 0.0833. The number of nitrogen functional groups attached to an aromatic ring is 1. The summed E-state index contributed by atoms with van der Waals surface area (Å²) in [7, 11) is 0. The van der Waals surface area contributed by atoms with Crippen molar-refractivity contribution >= 4 is 39.9 Å². The van der Waals surface area contributed by atoms with E-state index in [9.17, 15) is 17.6 Å². The molecule has 0 aliphatic rings. The third-order valence-corrected chi connectivity index (χ3v) is 3.26. The monoisotopic (exact) mass is 397 g/mol. The number of halogens is 5. The van der Waals surface area contributed by atoms with E-state index in [2.05, 4.69) is 10.3 Å². The van der Waals surface area contributed by atoms with Crippen LogP contribution in [-0.4, -0.2) is 4.98 Å². The number of hydrogen-bond acceptors (Lipinski definition) is 3. The van der Waals surface area contributed by atoms with E-state index in [1.165, 1.54) is 18.2 Å². The normalized spacial score (nSPS) is 11.4. The van der Waals surface area contributed by atoms with Crippen LogP contribution in [-0.2, 0) is 6.18 Å². The number of alkyl halides is 3. The molecule has 0 radical (unpaired) electrons. The Morgan fingerprint density at radius 2 is 1.85 bits per heavy atom. The van der Waals surface area contributed by atoms with Crippen LogP contribution in [0.3, 0.4) is 0 Å². The van der Waals surface area contributed by atoms with Gasteiger partial charge in [-0.15, -0.1) is 0 Å². The molecule has 3 N–H and O–H groups in total. The second-order valence-electron chi connectivity index (χ2n) is 3.91. The number of pyridine rings is 1. The smallest absolute Gasteiger partial charge is 0.384 e. The number of benzene rings is 1. The highest BCUT2D eigenvalue weighted by molar-refractivity contribution is 14.1. The third kappa shape index (κ3) is 3.50. The number of nitrogens with zero attached hydrogens (tertiary/aromatic N) is 1. The van der Waals surface area contributed by atoms with Gasteiger partial charge in [0, 0.05) is 3.57 Å². The van der Waals surface area contributed by atoms with Crippen molar-refractivity contribution in [2.75, 3.05) is 11.1 Å². The molecule has 1 heterocycles. The number of hydrogen-bond donors (Lipinski definition) is 2. The lowest BCUT2D eigenvalue weighted by Gasteiger charge is -2.12. The van der Waals surface area contributed by atoms with E-state index in [4.69, 9.17) is 5.73 Å². The molecule has 0 amide bonds. The van der Waals surface area contributed by atoms with Crippen molar-refractivity contribution < 1.29 is 17.6 Å². The number of nitrogens with one attached hydrogen (secondary N) is 1. The molecule has 0 fully saturated rings. The van der Waals surface area contributed by atoms with E-state index in [1.54, 1.807) is 0 Å². The molecule has 2 rings (SSSR count). The minimum absolute atomic E-state index is 0.0538. The molecule has 20 heavy (non-hydrogen) atoms. The van der Waals surface area contributed by atoms with Crippen LogP contribution in [0.15, 0.2) is 30.3 Å². The largest absolute Gasteiger partial charge is 0.416 e. The van der Waals surface area contributed by atoms with E-state index in [1.807, 2.05) is 22.6 Å². The van der Waals surface area contributed by atoms with Crippen LogP contribution in [0.25, 0.3) is 0 Å². The SMILES string of the molecule is Nc1cc(C(F)(F)F)cc(Nc2ccc(F)cc2I)n1. The summed E-state index contributed by atoms with van der Waals surface area (Å²) in [4.78, 5) is 3.78. The third-order valence-electron chi connectivity index (χ3n) is 2.37. The summed E-state index contributed by atoms with van der Waals surface area (Å²) >= 11 is 1.86. The van der Waals surface area contributed by atoms with Crippen molar-refractivity contribution in [3.63, 3.8) is 0 Å². The second kappa shape index (κ2) is 5.43. The van der Waals surface area contributed by atoms with Crippen LogP contribution >= 0.6 is 22.6 Å². The van der Waals surface area contributed by atoms with Gasteiger partial charge in [0.2, 0.25) is 0 Å². The molecule has 0 bridgehead atoms. The summed E-state index contributed by atoms with van der Waals surface area (Å²) in [6.07, 6.45) is -4.51. The Labute approximate surface area is 125 Å². The highest BCUT2D eigenvalue weighted by Gasteiger charge is 2.31. The topological polar surface area (TPSA) is 50.9 Å². The fourth-order valence-electron chi connectivity index (χ4n) is 1.51. The molecule has 0 saturated carbocycles. The zero-order valence-corrected chi connectivity index (χ0v) is 12.0. The van der Waals surface area contributed by atoms with E-state index in [0.29, 0.717) is 9.26 Å². The fourth-order valence-corrected chi connectivity index (χ4v) is 2.12. The molecule has 0 aliphatic carbocycles. The van der Waals surface area contributed by atoms with Crippen LogP contribution < -0.4 is 11.1 Å². The number of rotatable bonds is 2. The molecule has 0 saturated heterocycles. The molecule has 1 aromatic heterocycles. The zero-order valence-electron chi connectivity index (χ0n) is 9.80. The van der Waals surface area contributed by atoms with E-state index in [0.717, 1.165) is 12.1 Å². The molecule has 0 aliphatic heterocycles. The molecule has 106 valence electrons. The predicted molar refractivity (Wildman–Crippen MR) is 76.1 cm³/mol. The second-order valence-corrected chi connectivity index (χ2v) is 5.08. The first kappa shape index (κ1) is 14.8. The lowest BCUT2D eigenvalue weighted by atomic mass is 10.2. The molecular formula is C12H8F4IN3. The van der Waals surface area contributed by atoms with Gasteiger partial charge in [-0.2, -0.15) is 13.2 Å². The van der Waals surface area contributed by atoms with Crippen LogP contribution in [0.4, 0.5) is 34.9 Å². The summed E-state index contributed by atoms with van der Waals surface area (Å²) in [5, 5.41) is 2.69. The van der Waals surface area contributed by atoms with E-state index >= 15 is 0 Å². The average molecular weight is 397 g/mol. The Morgan fingerprint density at radius 1 is 1.15 bits per heavy atom. The zero-order chi connectivity index (χ0) is 14.9. The summed E-state index contributed by atoms with van der Waals surface area (Å²) < 4.78 is 51.4. The summed E-state index contributed by atoms with van der Waals surface area (Å²) in [5.74, 6) is -0.738. The van der Waals surface area contributed by atoms with Gasteiger partial charge >= 0.3 is 6.18 Å². The lowest BCUT2D eigenvalue weighted by molar-refractivity contribution is -0.137. The van der Waals surface area contributed by atoms with Gasteiger partial charge in [-0.05, 0) is 52.9 Å².